The number of likely N-dealkylation sites (N-methyl/N-ethyl adjacent to an activating group) is 1. The van der Waals surface area contributed by atoms with Crippen LogP contribution >= 0.6 is 0 Å². The average Bonchev–Trinajstić information content (AvgIpc) is 2.15. The van der Waals surface area contributed by atoms with Gasteiger partial charge in [0.15, 0.2) is 0 Å². The minimum atomic E-state index is 0.265. The second-order valence-electron chi connectivity index (χ2n) is 3.78. The summed E-state index contributed by atoms with van der Waals surface area (Å²) in [7, 11) is 4.11. The third-order valence-electron chi connectivity index (χ3n) is 2.00. The molecule has 3 heteroatoms. The number of ether oxygens (including phenoxy) is 2. The zero-order chi connectivity index (χ0) is 10.8. The molecule has 0 fully saturated rings. The molecule has 0 saturated carbocycles. The highest BCUT2D eigenvalue weighted by molar-refractivity contribution is 4.54. The molecule has 0 aromatic heterocycles. The summed E-state index contributed by atoms with van der Waals surface area (Å²) in [6, 6.07) is 0. The molecule has 0 aliphatic heterocycles. The van der Waals surface area contributed by atoms with Crippen LogP contribution in [-0.2, 0) is 9.47 Å². The molecule has 0 N–H and O–H groups in total. The molecule has 0 unspecified atom stereocenters. The maximum absolute atomic E-state index is 5.68. The Bertz CT molecular complexity index is 118. The van der Waals surface area contributed by atoms with Crippen LogP contribution in [0.5, 0.6) is 0 Å². The zero-order valence-electron chi connectivity index (χ0n) is 10.1. The van der Waals surface area contributed by atoms with Crippen LogP contribution in [0.2, 0.25) is 0 Å². The topological polar surface area (TPSA) is 21.7 Å². The quantitative estimate of drug-likeness (QED) is 0.533. The monoisotopic (exact) mass is 203 g/mol. The Hall–Kier alpha value is -0.120. The Morgan fingerprint density at radius 2 is 1.86 bits per heavy atom. The number of rotatable bonds is 9. The predicted molar refractivity (Wildman–Crippen MR) is 59.7 cm³/mol. The van der Waals surface area contributed by atoms with Crippen molar-refractivity contribution in [2.24, 2.45) is 0 Å². The summed E-state index contributed by atoms with van der Waals surface area (Å²) in [6.07, 6.45) is 2.37. The van der Waals surface area contributed by atoms with E-state index in [1.807, 2.05) is 0 Å². The standard InChI is InChI=1S/C11H25NO2/c1-5-8-13-10-11(6-2)14-9-7-12(3)4/h11H,5-10H2,1-4H3/t11-/m0/s1. The van der Waals surface area contributed by atoms with Gasteiger partial charge in [0.25, 0.3) is 0 Å². The first-order chi connectivity index (χ1) is 6.70. The molecule has 0 amide bonds. The van der Waals surface area contributed by atoms with E-state index in [1.165, 1.54) is 0 Å². The molecule has 0 saturated heterocycles. The van der Waals surface area contributed by atoms with Gasteiger partial charge in [-0.05, 0) is 26.9 Å². The van der Waals surface area contributed by atoms with Gasteiger partial charge < -0.3 is 14.4 Å². The molecule has 0 aromatic rings. The summed E-state index contributed by atoms with van der Waals surface area (Å²) in [5.74, 6) is 0. The van der Waals surface area contributed by atoms with Gasteiger partial charge in [-0.25, -0.2) is 0 Å². The lowest BCUT2D eigenvalue weighted by Crippen LogP contribution is -2.25. The fourth-order valence-corrected chi connectivity index (χ4v) is 1.04. The normalized spacial score (nSPS) is 13.5. The number of hydrogen-bond acceptors (Lipinski definition) is 3. The zero-order valence-corrected chi connectivity index (χ0v) is 10.1. The van der Waals surface area contributed by atoms with Crippen molar-refractivity contribution in [2.75, 3.05) is 40.5 Å². The average molecular weight is 203 g/mol. The highest BCUT2D eigenvalue weighted by atomic mass is 16.5. The summed E-state index contributed by atoms with van der Waals surface area (Å²) in [4.78, 5) is 2.12. The third kappa shape index (κ3) is 8.48. The molecule has 0 heterocycles. The third-order valence-corrected chi connectivity index (χ3v) is 2.00. The maximum atomic E-state index is 5.68. The Kier molecular flexibility index (Phi) is 9.35. The Balaban J connectivity index is 3.38. The molecule has 0 bridgehead atoms. The lowest BCUT2D eigenvalue weighted by Gasteiger charge is -2.17. The molecule has 0 aliphatic carbocycles. The fraction of sp³-hybridized carbons (Fsp3) is 1.00. The van der Waals surface area contributed by atoms with E-state index in [0.29, 0.717) is 0 Å². The number of nitrogens with zero attached hydrogens (tertiary/aromatic N) is 1. The molecule has 86 valence electrons. The largest absolute Gasteiger partial charge is 0.379 e. The van der Waals surface area contributed by atoms with Gasteiger partial charge in [0.05, 0.1) is 19.3 Å². The molecule has 0 aromatic carbocycles. The summed E-state index contributed by atoms with van der Waals surface area (Å²) in [5.41, 5.74) is 0. The minimum absolute atomic E-state index is 0.265. The van der Waals surface area contributed by atoms with Gasteiger partial charge in [0.2, 0.25) is 0 Å². The van der Waals surface area contributed by atoms with Crippen molar-refractivity contribution in [3.8, 4) is 0 Å². The van der Waals surface area contributed by atoms with E-state index in [0.717, 1.165) is 39.2 Å². The van der Waals surface area contributed by atoms with E-state index in [2.05, 4.69) is 32.8 Å². The van der Waals surface area contributed by atoms with Crippen molar-refractivity contribution in [1.29, 1.82) is 0 Å². The molecule has 1 atom stereocenters. The van der Waals surface area contributed by atoms with Crippen LogP contribution in [0, 0.1) is 0 Å². The molecule has 0 spiro atoms. The molecular weight excluding hydrogens is 178 g/mol. The first-order valence-electron chi connectivity index (χ1n) is 5.54. The first kappa shape index (κ1) is 13.9. The van der Waals surface area contributed by atoms with Crippen LogP contribution in [-0.4, -0.2) is 51.5 Å². The first-order valence-corrected chi connectivity index (χ1v) is 5.54. The smallest absolute Gasteiger partial charge is 0.0806 e. The summed E-state index contributed by atoms with van der Waals surface area (Å²) in [5, 5.41) is 0. The second kappa shape index (κ2) is 9.44. The molecule has 0 rings (SSSR count). The molecule has 14 heavy (non-hydrogen) atoms. The van der Waals surface area contributed by atoms with Crippen molar-refractivity contribution in [3.63, 3.8) is 0 Å². The lowest BCUT2D eigenvalue weighted by molar-refractivity contribution is -0.0215. The molecular formula is C11H25NO2. The van der Waals surface area contributed by atoms with Gasteiger partial charge in [-0.15, -0.1) is 0 Å². The van der Waals surface area contributed by atoms with Crippen molar-refractivity contribution in [1.82, 2.24) is 4.90 Å². The summed E-state index contributed by atoms with van der Waals surface area (Å²) < 4.78 is 11.1. The van der Waals surface area contributed by atoms with E-state index in [4.69, 9.17) is 9.47 Å². The van der Waals surface area contributed by atoms with Gasteiger partial charge in [-0.1, -0.05) is 13.8 Å². The van der Waals surface area contributed by atoms with Gasteiger partial charge in [-0.2, -0.15) is 0 Å². The SMILES string of the molecule is CCCOC[C@H](CC)OCCN(C)C. The van der Waals surface area contributed by atoms with Crippen LogP contribution < -0.4 is 0 Å². The van der Waals surface area contributed by atoms with Crippen LogP contribution in [0.1, 0.15) is 26.7 Å². The van der Waals surface area contributed by atoms with Crippen LogP contribution in [0.25, 0.3) is 0 Å². The number of hydrogen-bond donors (Lipinski definition) is 0. The van der Waals surface area contributed by atoms with E-state index < -0.39 is 0 Å². The van der Waals surface area contributed by atoms with E-state index in [1.54, 1.807) is 0 Å². The van der Waals surface area contributed by atoms with Gasteiger partial charge in [0.1, 0.15) is 0 Å². The van der Waals surface area contributed by atoms with Crippen molar-refractivity contribution in [3.05, 3.63) is 0 Å². The second-order valence-corrected chi connectivity index (χ2v) is 3.78. The van der Waals surface area contributed by atoms with E-state index >= 15 is 0 Å². The summed E-state index contributed by atoms with van der Waals surface area (Å²) in [6.45, 7) is 7.60. The maximum Gasteiger partial charge on any atom is 0.0806 e. The Morgan fingerprint density at radius 1 is 1.14 bits per heavy atom. The van der Waals surface area contributed by atoms with Crippen LogP contribution in [0.4, 0.5) is 0 Å². The molecule has 0 aliphatic rings. The van der Waals surface area contributed by atoms with Crippen molar-refractivity contribution in [2.45, 2.75) is 32.8 Å². The predicted octanol–water partition coefficient (Wildman–Crippen LogP) is 1.77. The van der Waals surface area contributed by atoms with Gasteiger partial charge in [-0.3, -0.25) is 0 Å². The van der Waals surface area contributed by atoms with E-state index in [-0.39, 0.29) is 6.10 Å². The molecule has 3 nitrogen and oxygen atoms in total. The van der Waals surface area contributed by atoms with Crippen LogP contribution in [0.3, 0.4) is 0 Å². The van der Waals surface area contributed by atoms with Crippen molar-refractivity contribution >= 4 is 0 Å². The lowest BCUT2D eigenvalue weighted by atomic mass is 10.3. The molecule has 0 radical (unpaired) electrons. The van der Waals surface area contributed by atoms with E-state index in [9.17, 15) is 0 Å². The fourth-order valence-electron chi connectivity index (χ4n) is 1.04. The highest BCUT2D eigenvalue weighted by Crippen LogP contribution is 1.99. The minimum Gasteiger partial charge on any atom is -0.379 e. The van der Waals surface area contributed by atoms with Crippen molar-refractivity contribution < 1.29 is 9.47 Å². The summed E-state index contributed by atoms with van der Waals surface area (Å²) >= 11 is 0. The van der Waals surface area contributed by atoms with Gasteiger partial charge >= 0.3 is 0 Å². The van der Waals surface area contributed by atoms with Gasteiger partial charge in [0, 0.05) is 13.2 Å². The Morgan fingerprint density at radius 3 is 2.36 bits per heavy atom. The Labute approximate surface area is 88.4 Å². The van der Waals surface area contributed by atoms with Crippen LogP contribution in [0.15, 0.2) is 0 Å². The highest BCUT2D eigenvalue weighted by Gasteiger charge is 2.06.